The minimum absolute atomic E-state index is 0.178. The highest BCUT2D eigenvalue weighted by atomic mass is 16.7. The molecule has 0 aliphatic carbocycles. The topological polar surface area (TPSA) is 92.3 Å². The van der Waals surface area contributed by atoms with E-state index >= 15 is 0 Å². The van der Waals surface area contributed by atoms with Crippen molar-refractivity contribution in [3.05, 3.63) is 59.7 Å². The number of carbonyl (C=O) groups is 2. The van der Waals surface area contributed by atoms with E-state index in [1.54, 1.807) is 20.8 Å². The second-order valence-electron chi connectivity index (χ2n) is 11.2. The SMILES string of the molecule is COC(=O)[C@H](Cc1ccc(OCc2ccccc2)c(B2OC(C)(C)C(C)(C)O2)c1)NC(=O)OC(C)(C)C. The Labute approximate surface area is 220 Å². The minimum Gasteiger partial charge on any atom is -0.489 e. The number of carbonyl (C=O) groups excluding carboxylic acids is 2. The van der Waals surface area contributed by atoms with Gasteiger partial charge in [0, 0.05) is 11.9 Å². The predicted octanol–water partition coefficient (Wildman–Crippen LogP) is 4.17. The van der Waals surface area contributed by atoms with Gasteiger partial charge in [0.2, 0.25) is 0 Å². The third-order valence-corrected chi connectivity index (χ3v) is 6.44. The third kappa shape index (κ3) is 7.49. The first-order valence-corrected chi connectivity index (χ1v) is 12.4. The van der Waals surface area contributed by atoms with Crippen LogP contribution in [0.2, 0.25) is 0 Å². The lowest BCUT2D eigenvalue weighted by molar-refractivity contribution is -0.143. The Kier molecular flexibility index (Phi) is 8.60. The molecule has 1 saturated heterocycles. The molecule has 2 aromatic rings. The number of methoxy groups -OCH3 is 1. The summed E-state index contributed by atoms with van der Waals surface area (Å²) in [4.78, 5) is 24.9. The van der Waals surface area contributed by atoms with Gasteiger partial charge < -0.3 is 28.8 Å². The molecule has 2 aromatic carbocycles. The van der Waals surface area contributed by atoms with Gasteiger partial charge in [-0.05, 0) is 65.7 Å². The quantitative estimate of drug-likeness (QED) is 0.420. The Hall–Kier alpha value is -3.04. The first-order valence-electron chi connectivity index (χ1n) is 12.4. The van der Waals surface area contributed by atoms with Crippen LogP contribution in [0, 0.1) is 0 Å². The van der Waals surface area contributed by atoms with Crippen LogP contribution in [0.1, 0.15) is 59.6 Å². The van der Waals surface area contributed by atoms with E-state index in [2.05, 4.69) is 5.32 Å². The maximum Gasteiger partial charge on any atom is 0.498 e. The van der Waals surface area contributed by atoms with Crippen molar-refractivity contribution in [1.82, 2.24) is 5.32 Å². The average Bonchev–Trinajstić information content (AvgIpc) is 3.03. The summed E-state index contributed by atoms with van der Waals surface area (Å²) in [6.45, 7) is 13.6. The largest absolute Gasteiger partial charge is 0.498 e. The normalized spacial score (nSPS) is 17.1. The summed E-state index contributed by atoms with van der Waals surface area (Å²) in [5, 5.41) is 2.62. The van der Waals surface area contributed by atoms with Crippen molar-refractivity contribution in [2.45, 2.75) is 84.3 Å². The molecule has 37 heavy (non-hydrogen) atoms. The molecule has 0 spiro atoms. The van der Waals surface area contributed by atoms with Crippen LogP contribution in [0.4, 0.5) is 4.79 Å². The number of ether oxygens (including phenoxy) is 3. The summed E-state index contributed by atoms with van der Waals surface area (Å²) in [6.07, 6.45) is -0.519. The Morgan fingerprint density at radius 3 is 2.16 bits per heavy atom. The number of hydrogen-bond acceptors (Lipinski definition) is 7. The van der Waals surface area contributed by atoms with Crippen LogP contribution in [0.5, 0.6) is 5.75 Å². The molecule has 9 heteroatoms. The maximum absolute atomic E-state index is 12.5. The van der Waals surface area contributed by atoms with Crippen molar-refractivity contribution in [1.29, 1.82) is 0 Å². The molecule has 8 nitrogen and oxygen atoms in total. The van der Waals surface area contributed by atoms with Gasteiger partial charge in [-0.15, -0.1) is 0 Å². The van der Waals surface area contributed by atoms with Gasteiger partial charge in [-0.1, -0.05) is 42.5 Å². The standard InChI is InChI=1S/C28H38BNO7/c1-26(2,3)35-25(32)30-22(24(31)33-8)17-20-14-15-23(34-18-19-12-10-9-11-13-19)21(16-20)29-36-27(4,5)28(6,7)37-29/h9-16,22H,17-18H2,1-8H3,(H,30,32)/t22-/m0/s1. The fraction of sp³-hybridized carbons (Fsp3) is 0.500. The van der Waals surface area contributed by atoms with E-state index in [4.69, 9.17) is 23.5 Å². The molecule has 1 N–H and O–H groups in total. The third-order valence-electron chi connectivity index (χ3n) is 6.44. The van der Waals surface area contributed by atoms with Gasteiger partial charge in [0.05, 0.1) is 18.3 Å². The molecular formula is C28H38BNO7. The predicted molar refractivity (Wildman–Crippen MR) is 142 cm³/mol. The van der Waals surface area contributed by atoms with E-state index in [1.807, 2.05) is 76.2 Å². The molecule has 1 aliphatic rings. The number of amides is 1. The fourth-order valence-electron chi connectivity index (χ4n) is 3.77. The summed E-state index contributed by atoms with van der Waals surface area (Å²) in [5.41, 5.74) is 0.704. The van der Waals surface area contributed by atoms with Gasteiger partial charge >= 0.3 is 19.2 Å². The molecular weight excluding hydrogens is 473 g/mol. The van der Waals surface area contributed by atoms with E-state index in [-0.39, 0.29) is 6.42 Å². The van der Waals surface area contributed by atoms with Crippen LogP contribution in [-0.4, -0.2) is 49.1 Å². The Morgan fingerprint density at radius 2 is 1.59 bits per heavy atom. The van der Waals surface area contributed by atoms with E-state index in [0.29, 0.717) is 17.8 Å². The molecule has 1 amide bonds. The van der Waals surface area contributed by atoms with Crippen LogP contribution in [0.15, 0.2) is 48.5 Å². The van der Waals surface area contributed by atoms with Crippen LogP contribution in [0.25, 0.3) is 0 Å². The van der Waals surface area contributed by atoms with Crippen LogP contribution < -0.4 is 15.5 Å². The molecule has 1 fully saturated rings. The number of alkyl carbamates (subject to hydrolysis) is 1. The Balaban J connectivity index is 1.89. The monoisotopic (exact) mass is 511 g/mol. The summed E-state index contributed by atoms with van der Waals surface area (Å²) in [5.74, 6) is 0.0354. The lowest BCUT2D eigenvalue weighted by atomic mass is 9.77. The molecule has 1 atom stereocenters. The zero-order valence-corrected chi connectivity index (χ0v) is 23.0. The molecule has 1 aliphatic heterocycles. The van der Waals surface area contributed by atoms with Gasteiger partial charge in [-0.3, -0.25) is 0 Å². The molecule has 0 bridgehead atoms. The van der Waals surface area contributed by atoms with Gasteiger partial charge in [0.15, 0.2) is 0 Å². The Bertz CT molecular complexity index is 1080. The summed E-state index contributed by atoms with van der Waals surface area (Å²) in [6, 6.07) is 14.5. The maximum atomic E-state index is 12.5. The molecule has 0 aromatic heterocycles. The zero-order valence-electron chi connectivity index (χ0n) is 23.0. The molecule has 3 rings (SSSR count). The van der Waals surface area contributed by atoms with E-state index in [0.717, 1.165) is 11.1 Å². The highest BCUT2D eigenvalue weighted by Gasteiger charge is 2.52. The van der Waals surface area contributed by atoms with Gasteiger partial charge in [-0.2, -0.15) is 0 Å². The number of rotatable bonds is 8. The van der Waals surface area contributed by atoms with Crippen molar-refractivity contribution in [3.63, 3.8) is 0 Å². The lowest BCUT2D eigenvalue weighted by Gasteiger charge is -2.32. The second-order valence-corrected chi connectivity index (χ2v) is 11.2. The lowest BCUT2D eigenvalue weighted by Crippen LogP contribution is -2.45. The summed E-state index contributed by atoms with van der Waals surface area (Å²) < 4.78 is 29.0. The van der Waals surface area contributed by atoms with Gasteiger partial charge in [0.25, 0.3) is 0 Å². The van der Waals surface area contributed by atoms with Crippen LogP contribution in [-0.2, 0) is 36.6 Å². The van der Waals surface area contributed by atoms with Crippen molar-refractivity contribution < 1.29 is 33.1 Å². The molecule has 0 unspecified atom stereocenters. The number of nitrogens with one attached hydrogen (secondary N) is 1. The van der Waals surface area contributed by atoms with E-state index in [1.165, 1.54) is 7.11 Å². The van der Waals surface area contributed by atoms with Crippen molar-refractivity contribution in [3.8, 4) is 5.75 Å². The molecule has 0 saturated carbocycles. The zero-order chi connectivity index (χ0) is 27.4. The van der Waals surface area contributed by atoms with Crippen molar-refractivity contribution in [2.24, 2.45) is 0 Å². The highest BCUT2D eigenvalue weighted by molar-refractivity contribution is 6.63. The van der Waals surface area contributed by atoms with Gasteiger partial charge in [-0.25, -0.2) is 9.59 Å². The second kappa shape index (κ2) is 11.1. The first kappa shape index (κ1) is 28.5. The first-order chi connectivity index (χ1) is 17.2. The van der Waals surface area contributed by atoms with Crippen molar-refractivity contribution >= 4 is 24.6 Å². The minimum atomic E-state index is -0.943. The van der Waals surface area contributed by atoms with E-state index < -0.39 is 42.0 Å². The highest BCUT2D eigenvalue weighted by Crippen LogP contribution is 2.37. The van der Waals surface area contributed by atoms with Crippen LogP contribution >= 0.6 is 0 Å². The Morgan fingerprint density at radius 1 is 0.973 bits per heavy atom. The molecule has 200 valence electrons. The summed E-state index contributed by atoms with van der Waals surface area (Å²) in [7, 11) is 0.605. The number of esters is 1. The van der Waals surface area contributed by atoms with Crippen molar-refractivity contribution in [2.75, 3.05) is 7.11 Å². The molecule has 1 heterocycles. The number of benzene rings is 2. The fourth-order valence-corrected chi connectivity index (χ4v) is 3.77. The van der Waals surface area contributed by atoms with E-state index in [9.17, 15) is 9.59 Å². The number of hydrogen-bond donors (Lipinski definition) is 1. The average molecular weight is 511 g/mol. The van der Waals surface area contributed by atoms with Crippen LogP contribution in [0.3, 0.4) is 0 Å². The smallest absolute Gasteiger partial charge is 0.489 e. The summed E-state index contributed by atoms with van der Waals surface area (Å²) >= 11 is 0. The molecule has 0 radical (unpaired) electrons. The van der Waals surface area contributed by atoms with Gasteiger partial charge in [0.1, 0.15) is 24.0 Å².